The third-order valence-electron chi connectivity index (χ3n) is 5.22. The van der Waals surface area contributed by atoms with Gasteiger partial charge in [-0.25, -0.2) is 18.9 Å². The van der Waals surface area contributed by atoms with E-state index in [4.69, 9.17) is 5.11 Å². The topological polar surface area (TPSA) is 143 Å². The van der Waals surface area contributed by atoms with Gasteiger partial charge >= 0.3 is 5.97 Å². The molecule has 0 aliphatic rings. The smallest absolute Gasteiger partial charge is 0.338 e. The lowest BCUT2D eigenvalue weighted by Gasteiger charge is -2.09. The fourth-order valence-corrected chi connectivity index (χ4v) is 3.57. The molecule has 2 aromatic carbocycles. The minimum atomic E-state index is -1.16. The molecule has 3 aromatic heterocycles. The van der Waals surface area contributed by atoms with Crippen LogP contribution in [0.15, 0.2) is 61.1 Å². The second kappa shape index (κ2) is 8.10. The molecular weight excluding hydrogens is 441 g/mol. The number of rotatable bonds is 5. The van der Waals surface area contributed by atoms with Crippen molar-refractivity contribution in [2.75, 3.05) is 0 Å². The zero-order valence-corrected chi connectivity index (χ0v) is 17.3. The van der Waals surface area contributed by atoms with Crippen LogP contribution in [0.25, 0.3) is 28.1 Å². The van der Waals surface area contributed by atoms with Gasteiger partial charge in [0.1, 0.15) is 16.9 Å². The molecule has 0 radical (unpaired) electrons. The minimum absolute atomic E-state index is 0.00326. The van der Waals surface area contributed by atoms with Gasteiger partial charge in [0.05, 0.1) is 36.1 Å². The van der Waals surface area contributed by atoms with Gasteiger partial charge in [-0.3, -0.25) is 4.68 Å². The molecule has 3 heterocycles. The number of benzene rings is 2. The summed E-state index contributed by atoms with van der Waals surface area (Å²) in [4.78, 5) is 19.3. The fourth-order valence-electron chi connectivity index (χ4n) is 3.57. The number of carboxylic acids is 1. The van der Waals surface area contributed by atoms with Crippen LogP contribution in [-0.4, -0.2) is 45.7 Å². The Hall–Kier alpha value is -5.11. The maximum absolute atomic E-state index is 14.9. The zero-order chi connectivity index (χ0) is 23.8. The molecule has 11 heteroatoms. The van der Waals surface area contributed by atoms with E-state index in [0.29, 0.717) is 22.3 Å². The molecule has 0 fully saturated rings. The first-order valence-corrected chi connectivity index (χ1v) is 9.93. The summed E-state index contributed by atoms with van der Waals surface area (Å²) in [5.74, 6) is -2.11. The van der Waals surface area contributed by atoms with E-state index >= 15 is 0 Å². The first-order chi connectivity index (χ1) is 16.4. The molecule has 0 unspecified atom stereocenters. The highest BCUT2D eigenvalue weighted by atomic mass is 19.1. The molecule has 0 amide bonds. The molecule has 0 aliphatic carbocycles. The van der Waals surface area contributed by atoms with E-state index in [9.17, 15) is 19.6 Å². The second-order valence-corrected chi connectivity index (χ2v) is 7.33. The molecule has 2 N–H and O–H groups in total. The number of aromatic hydroxyl groups is 1. The highest BCUT2D eigenvalue weighted by molar-refractivity contribution is 5.87. The maximum atomic E-state index is 14.9. The molecule has 10 nitrogen and oxygen atoms in total. The second-order valence-electron chi connectivity index (χ2n) is 7.33. The summed E-state index contributed by atoms with van der Waals surface area (Å²) in [6, 6.07) is 13.7. The summed E-state index contributed by atoms with van der Waals surface area (Å²) in [6.07, 6.45) is 3.74. The zero-order valence-electron chi connectivity index (χ0n) is 17.3. The summed E-state index contributed by atoms with van der Waals surface area (Å²) in [7, 11) is 0. The summed E-state index contributed by atoms with van der Waals surface area (Å²) in [5.41, 5.74) is 2.35. The van der Waals surface area contributed by atoms with Crippen molar-refractivity contribution in [1.29, 1.82) is 5.26 Å². The van der Waals surface area contributed by atoms with Crippen LogP contribution in [0.2, 0.25) is 0 Å². The Balaban J connectivity index is 1.47. The van der Waals surface area contributed by atoms with Crippen molar-refractivity contribution >= 4 is 17.0 Å². The van der Waals surface area contributed by atoms with E-state index in [2.05, 4.69) is 26.2 Å². The Morgan fingerprint density at radius 3 is 2.68 bits per heavy atom. The number of hydrogen-bond donors (Lipinski definition) is 2. The van der Waals surface area contributed by atoms with Crippen molar-refractivity contribution in [1.82, 2.24) is 29.5 Å². The Labute approximate surface area is 190 Å². The Bertz CT molecular complexity index is 1620. The van der Waals surface area contributed by atoms with Gasteiger partial charge in [0.25, 0.3) is 5.95 Å². The molecule has 34 heavy (non-hydrogen) atoms. The molecule has 0 bridgehead atoms. The lowest BCUT2D eigenvalue weighted by Crippen LogP contribution is -2.06. The molecule has 166 valence electrons. The monoisotopic (exact) mass is 455 g/mol. The normalized spacial score (nSPS) is 10.9. The van der Waals surface area contributed by atoms with Crippen molar-refractivity contribution in [2.24, 2.45) is 0 Å². The summed E-state index contributed by atoms with van der Waals surface area (Å²) >= 11 is 0. The van der Waals surface area contributed by atoms with E-state index < -0.39 is 17.7 Å². The van der Waals surface area contributed by atoms with E-state index in [-0.39, 0.29) is 29.1 Å². The Kier molecular flexibility index (Phi) is 4.95. The van der Waals surface area contributed by atoms with Crippen LogP contribution in [0.3, 0.4) is 0 Å². The fraction of sp³-hybridized carbons (Fsp3) is 0.0435. The van der Waals surface area contributed by atoms with Crippen LogP contribution in [-0.2, 0) is 6.54 Å². The average molecular weight is 455 g/mol. The molecule has 0 saturated heterocycles. The van der Waals surface area contributed by atoms with E-state index in [1.165, 1.54) is 23.1 Å². The molecular formula is C23H14FN7O3. The number of hydrogen-bond acceptors (Lipinski definition) is 7. The highest BCUT2D eigenvalue weighted by Crippen LogP contribution is 2.27. The summed E-state index contributed by atoms with van der Waals surface area (Å²) in [5, 5.41) is 36.9. The number of aromatic nitrogens is 6. The first kappa shape index (κ1) is 20.8. The van der Waals surface area contributed by atoms with E-state index in [0.717, 1.165) is 10.9 Å². The number of carbonyl (C=O) groups is 1. The van der Waals surface area contributed by atoms with Gasteiger partial charge < -0.3 is 10.2 Å². The van der Waals surface area contributed by atoms with Crippen molar-refractivity contribution in [3.63, 3.8) is 0 Å². The SMILES string of the molecule is N#Cc1ccccc1-c1ccc(Cn2ncc3nc(-n4cc(C(=O)O)cn4)nc(O)c32)c(F)c1. The summed E-state index contributed by atoms with van der Waals surface area (Å²) in [6.45, 7) is -0.00326. The number of nitriles is 1. The largest absolute Gasteiger partial charge is 0.492 e. The molecule has 5 aromatic rings. The van der Waals surface area contributed by atoms with Gasteiger partial charge in [-0.05, 0) is 23.3 Å². The van der Waals surface area contributed by atoms with Gasteiger partial charge in [-0.1, -0.05) is 30.3 Å². The van der Waals surface area contributed by atoms with Gasteiger partial charge in [-0.2, -0.15) is 20.4 Å². The number of fused-ring (bicyclic) bond motifs is 1. The van der Waals surface area contributed by atoms with Crippen molar-refractivity contribution in [3.8, 4) is 29.0 Å². The van der Waals surface area contributed by atoms with Crippen LogP contribution in [0.1, 0.15) is 21.5 Å². The first-order valence-electron chi connectivity index (χ1n) is 9.93. The van der Waals surface area contributed by atoms with Crippen LogP contribution in [0.4, 0.5) is 4.39 Å². The third-order valence-corrected chi connectivity index (χ3v) is 5.22. The quantitative estimate of drug-likeness (QED) is 0.411. The van der Waals surface area contributed by atoms with Gasteiger partial charge in [0.2, 0.25) is 5.88 Å². The van der Waals surface area contributed by atoms with Crippen molar-refractivity contribution in [2.45, 2.75) is 6.54 Å². The van der Waals surface area contributed by atoms with Gasteiger partial charge in [-0.15, -0.1) is 0 Å². The Morgan fingerprint density at radius 2 is 1.94 bits per heavy atom. The molecule has 0 atom stereocenters. The van der Waals surface area contributed by atoms with Crippen molar-refractivity contribution in [3.05, 3.63) is 83.6 Å². The highest BCUT2D eigenvalue weighted by Gasteiger charge is 2.17. The van der Waals surface area contributed by atoms with Crippen LogP contribution < -0.4 is 0 Å². The lowest BCUT2D eigenvalue weighted by molar-refractivity contribution is 0.0697. The average Bonchev–Trinajstić information content (AvgIpc) is 3.48. The molecule has 0 spiro atoms. The molecule has 0 saturated carbocycles. The van der Waals surface area contributed by atoms with E-state index in [1.54, 1.807) is 36.4 Å². The number of halogens is 1. The molecule has 5 rings (SSSR count). The summed E-state index contributed by atoms with van der Waals surface area (Å²) < 4.78 is 17.4. The van der Waals surface area contributed by atoms with Crippen LogP contribution in [0.5, 0.6) is 5.88 Å². The number of nitrogens with zero attached hydrogens (tertiary/aromatic N) is 7. The van der Waals surface area contributed by atoms with Crippen LogP contribution >= 0.6 is 0 Å². The minimum Gasteiger partial charge on any atom is -0.492 e. The van der Waals surface area contributed by atoms with Gasteiger partial charge in [0, 0.05) is 11.8 Å². The van der Waals surface area contributed by atoms with Crippen molar-refractivity contribution < 1.29 is 19.4 Å². The van der Waals surface area contributed by atoms with Crippen LogP contribution in [0, 0.1) is 17.1 Å². The number of carboxylic acid groups (broad SMARTS) is 1. The standard InChI is InChI=1S/C23H14FN7O3/c24-18-7-13(17-4-2-1-3-14(17)8-25)5-6-15(18)11-30-20-19(10-27-30)28-23(29-21(20)32)31-12-16(9-26-31)22(33)34/h1-7,9-10,12H,11H2,(H,33,34)(H,28,29,32). The predicted molar refractivity (Wildman–Crippen MR) is 117 cm³/mol. The third kappa shape index (κ3) is 3.59. The lowest BCUT2D eigenvalue weighted by atomic mass is 9.99. The molecule has 0 aliphatic heterocycles. The Morgan fingerprint density at radius 1 is 1.12 bits per heavy atom. The maximum Gasteiger partial charge on any atom is 0.338 e. The van der Waals surface area contributed by atoms with Gasteiger partial charge in [0.15, 0.2) is 0 Å². The number of aromatic carboxylic acids is 1. The van der Waals surface area contributed by atoms with E-state index in [1.807, 2.05) is 0 Å². The predicted octanol–water partition coefficient (Wildman–Crippen LogP) is 3.14.